The number of aromatic hydroxyl groups is 1. The van der Waals surface area contributed by atoms with Gasteiger partial charge in [-0.1, -0.05) is 30.2 Å². The molecule has 2 N–H and O–H groups in total. The second kappa shape index (κ2) is 12.1. The summed E-state index contributed by atoms with van der Waals surface area (Å²) in [6.07, 6.45) is 1.92. The van der Waals surface area contributed by atoms with Gasteiger partial charge in [-0.05, 0) is 55.7 Å². The van der Waals surface area contributed by atoms with Crippen molar-refractivity contribution in [2.45, 2.75) is 61.1 Å². The number of hydrogen-bond donors (Lipinski definition) is 2. The van der Waals surface area contributed by atoms with Crippen LogP contribution in [0.5, 0.6) is 5.75 Å². The van der Waals surface area contributed by atoms with Gasteiger partial charge in [0.25, 0.3) is 11.8 Å². The third-order valence-corrected chi connectivity index (χ3v) is 11.6. The molecule has 260 valence electrons. The molecule has 1 saturated carbocycles. The van der Waals surface area contributed by atoms with Crippen LogP contribution in [-0.2, 0) is 24.0 Å². The number of unbranched alkanes of at least 4 members (excludes halogenated alkanes) is 2. The van der Waals surface area contributed by atoms with Crippen molar-refractivity contribution in [2.75, 3.05) is 11.4 Å². The zero-order valence-electron chi connectivity index (χ0n) is 25.5. The minimum Gasteiger partial charge on any atom is -0.508 e. The number of allylic oxidation sites excluding steroid dienone is 2. The minimum atomic E-state index is -2.65. The molecule has 16 heteroatoms. The number of carbonyl (C=O) groups is 5. The third-order valence-electron chi connectivity index (χ3n) is 10.1. The normalized spacial score (nSPS) is 29.3. The van der Waals surface area contributed by atoms with Crippen molar-refractivity contribution in [1.82, 2.24) is 4.90 Å². The first-order chi connectivity index (χ1) is 23.0. The number of carbonyl (C=O) groups excluding carboxylic acids is 4. The molecule has 0 aromatic heterocycles. The maximum atomic E-state index is 15.1. The molecule has 4 amide bonds. The maximum absolute atomic E-state index is 15.1. The average Bonchev–Trinajstić information content (AvgIpc) is 3.38. The van der Waals surface area contributed by atoms with Gasteiger partial charge in [-0.2, -0.15) is 0 Å². The summed E-state index contributed by atoms with van der Waals surface area (Å²) in [5.74, 6) is -22.3. The van der Waals surface area contributed by atoms with Crippen molar-refractivity contribution >= 4 is 58.5 Å². The van der Waals surface area contributed by atoms with E-state index in [9.17, 15) is 42.3 Å². The van der Waals surface area contributed by atoms with Crippen LogP contribution in [0.4, 0.5) is 27.6 Å². The van der Waals surface area contributed by atoms with Gasteiger partial charge in [-0.25, -0.2) is 26.9 Å². The van der Waals surface area contributed by atoms with Crippen molar-refractivity contribution in [3.05, 3.63) is 70.1 Å². The summed E-state index contributed by atoms with van der Waals surface area (Å²) >= 11 is 14.2. The van der Waals surface area contributed by atoms with Crippen molar-refractivity contribution < 1.29 is 56.1 Å². The lowest BCUT2D eigenvalue weighted by atomic mass is 9.56. The topological polar surface area (TPSA) is 132 Å². The van der Waals surface area contributed by atoms with E-state index in [1.807, 2.05) is 0 Å². The Hall–Kier alpha value is -4.04. The van der Waals surface area contributed by atoms with Gasteiger partial charge in [0.2, 0.25) is 17.6 Å². The number of phenols is 1. The Morgan fingerprint density at radius 1 is 0.898 bits per heavy atom. The van der Waals surface area contributed by atoms with Gasteiger partial charge in [-0.15, -0.1) is 23.2 Å². The number of nitrogens with zero attached hydrogens (tertiary/aromatic N) is 2. The fraction of sp³-hybridized carbons (Fsp3) is 0.424. The second-order valence-corrected chi connectivity index (χ2v) is 14.0. The van der Waals surface area contributed by atoms with E-state index in [1.54, 1.807) is 6.08 Å². The number of anilines is 1. The Morgan fingerprint density at radius 3 is 2.14 bits per heavy atom. The second-order valence-electron chi connectivity index (χ2n) is 12.8. The van der Waals surface area contributed by atoms with Crippen molar-refractivity contribution in [1.29, 1.82) is 0 Å². The molecular formula is C33H27Cl2F5N2O7. The molecule has 9 nitrogen and oxygen atoms in total. The van der Waals surface area contributed by atoms with Crippen LogP contribution in [0.25, 0.3) is 0 Å². The number of phenolic OH excluding ortho intramolecular Hbond substituents is 1. The summed E-state index contributed by atoms with van der Waals surface area (Å²) in [7, 11) is 0. The zero-order chi connectivity index (χ0) is 35.9. The number of aliphatic carboxylic acids is 1. The number of halogens is 7. The summed E-state index contributed by atoms with van der Waals surface area (Å²) in [4.78, 5) is 62.2. The van der Waals surface area contributed by atoms with Crippen LogP contribution < -0.4 is 4.90 Å². The first-order valence-corrected chi connectivity index (χ1v) is 16.1. The smallest absolute Gasteiger partial charge is 0.303 e. The Labute approximate surface area is 285 Å². The van der Waals surface area contributed by atoms with Crippen LogP contribution in [0.1, 0.15) is 55.6 Å². The van der Waals surface area contributed by atoms with E-state index in [0.717, 1.165) is 4.90 Å². The lowest BCUT2D eigenvalue weighted by Gasteiger charge is -2.50. The number of alkyl halides is 2. The highest BCUT2D eigenvalue weighted by Crippen LogP contribution is 2.66. The van der Waals surface area contributed by atoms with Gasteiger partial charge in [0.1, 0.15) is 11.4 Å². The van der Waals surface area contributed by atoms with Crippen LogP contribution in [-0.4, -0.2) is 61.0 Å². The predicted octanol–water partition coefficient (Wildman–Crippen LogP) is 5.60. The summed E-state index contributed by atoms with van der Waals surface area (Å²) in [6.45, 7) is 1.50. The first-order valence-electron chi connectivity index (χ1n) is 15.3. The number of benzene rings is 2. The molecule has 0 radical (unpaired) electrons. The summed E-state index contributed by atoms with van der Waals surface area (Å²) in [5, 5.41) is 19.1. The molecule has 2 aromatic rings. The Kier molecular flexibility index (Phi) is 8.58. The molecule has 6 rings (SSSR count). The number of fused-ring (bicyclic) bond motifs is 4. The lowest BCUT2D eigenvalue weighted by molar-refractivity contribution is -0.141. The number of likely N-dealkylation sites (tertiary alicyclic amines) is 1. The number of carboxylic acids is 1. The van der Waals surface area contributed by atoms with Gasteiger partial charge >= 0.3 is 5.97 Å². The molecule has 0 bridgehead atoms. The van der Waals surface area contributed by atoms with Gasteiger partial charge in [0.15, 0.2) is 33.0 Å². The van der Waals surface area contributed by atoms with E-state index in [-0.39, 0.29) is 41.2 Å². The van der Waals surface area contributed by atoms with Gasteiger partial charge in [0, 0.05) is 18.9 Å². The van der Waals surface area contributed by atoms with Crippen LogP contribution in [0.15, 0.2) is 29.8 Å². The van der Waals surface area contributed by atoms with Crippen molar-refractivity contribution in [2.24, 2.45) is 17.8 Å². The maximum Gasteiger partial charge on any atom is 0.303 e. The molecular weight excluding hydrogens is 702 g/mol. The Bertz CT molecular complexity index is 1860. The van der Waals surface area contributed by atoms with Crippen molar-refractivity contribution in [3.8, 4) is 5.75 Å². The minimum absolute atomic E-state index is 0.00407. The highest BCUT2D eigenvalue weighted by molar-refractivity contribution is 6.58. The molecule has 2 heterocycles. The van der Waals surface area contributed by atoms with Crippen LogP contribution in [0.2, 0.25) is 0 Å². The Balaban J connectivity index is 1.47. The lowest BCUT2D eigenvalue weighted by Crippen LogP contribution is -2.60. The molecule has 4 aliphatic rings. The molecule has 2 aliphatic heterocycles. The number of aryl methyl sites for hydroxylation is 1. The number of imide groups is 2. The molecule has 2 saturated heterocycles. The summed E-state index contributed by atoms with van der Waals surface area (Å²) in [6, 6.07) is 4.03. The van der Waals surface area contributed by atoms with E-state index in [1.165, 1.54) is 25.1 Å². The molecule has 0 spiro atoms. The molecule has 6 atom stereocenters. The first kappa shape index (κ1) is 34.8. The van der Waals surface area contributed by atoms with E-state index < -0.39 is 104 Å². The molecule has 6 unspecified atom stereocenters. The van der Waals surface area contributed by atoms with Gasteiger partial charge in [0.05, 0.1) is 11.8 Å². The largest absolute Gasteiger partial charge is 0.508 e. The standard InChI is InChI=1S/C33H27Cl2F5N2O7/c1-13-11-14(6-9-18(13)43)21-15-7-8-16-20(29(47)41(28(16)46)10-4-2-3-5-19(44)45)17(15)12-32(34)30(48)42(31(49)33(21,32)35)27-25(39)23(37)22(36)24(38)26(27)40/h6-7,9,11,16-17,20-21,43H,2-5,8,10,12H2,1H3,(H,44,45). The number of carboxylic acid groups (broad SMARTS) is 1. The predicted molar refractivity (Wildman–Crippen MR) is 162 cm³/mol. The molecule has 2 aliphatic carbocycles. The fourth-order valence-corrected chi connectivity index (χ4v) is 8.74. The number of hydrogen-bond acceptors (Lipinski definition) is 6. The van der Waals surface area contributed by atoms with E-state index in [2.05, 4.69) is 0 Å². The van der Waals surface area contributed by atoms with Crippen molar-refractivity contribution in [3.63, 3.8) is 0 Å². The van der Waals surface area contributed by atoms with Crippen LogP contribution >= 0.6 is 23.2 Å². The number of amides is 4. The Morgan fingerprint density at radius 2 is 1.53 bits per heavy atom. The van der Waals surface area contributed by atoms with Crippen LogP contribution in [0, 0.1) is 53.8 Å². The fourth-order valence-electron chi connectivity index (χ4n) is 7.81. The highest BCUT2D eigenvalue weighted by atomic mass is 35.5. The highest BCUT2D eigenvalue weighted by Gasteiger charge is 2.77. The zero-order valence-corrected chi connectivity index (χ0v) is 27.1. The molecule has 49 heavy (non-hydrogen) atoms. The van der Waals surface area contributed by atoms with Gasteiger partial charge in [-0.3, -0.25) is 28.9 Å². The molecule has 3 fully saturated rings. The van der Waals surface area contributed by atoms with Crippen LogP contribution in [0.3, 0.4) is 0 Å². The van der Waals surface area contributed by atoms with E-state index >= 15 is 8.78 Å². The number of rotatable bonds is 8. The van der Waals surface area contributed by atoms with E-state index in [4.69, 9.17) is 28.3 Å². The third kappa shape index (κ3) is 4.88. The average molecular weight is 729 g/mol. The van der Waals surface area contributed by atoms with Gasteiger partial charge < -0.3 is 10.2 Å². The van der Waals surface area contributed by atoms with E-state index in [0.29, 0.717) is 24.8 Å². The summed E-state index contributed by atoms with van der Waals surface area (Å²) < 4.78 is 73.0. The summed E-state index contributed by atoms with van der Waals surface area (Å²) in [5.41, 5.74) is -1.11. The molecule has 2 aromatic carbocycles. The monoisotopic (exact) mass is 728 g/mol. The SMILES string of the molecule is Cc1cc(C2C3=CCC4C(=O)N(CCCCCC(=O)O)C(=O)C4C3CC3(Cl)C(=O)N(c4c(F)c(F)c(F)c(F)c4F)C(=O)C23Cl)ccc1O. The quantitative estimate of drug-likeness (QED) is 0.0688.